The molecule has 1 N–H and O–H groups in total. The van der Waals surface area contributed by atoms with Crippen LogP contribution in [0.1, 0.15) is 30.2 Å². The smallest absolute Gasteiger partial charge is 0.249 e. The van der Waals surface area contributed by atoms with Crippen LogP contribution < -0.4 is 5.32 Å². The number of rotatable bonds is 5. The Morgan fingerprint density at radius 2 is 2.08 bits per heavy atom. The third kappa shape index (κ3) is 4.05. The van der Waals surface area contributed by atoms with E-state index in [-0.39, 0.29) is 24.7 Å². The fraction of sp³-hybridized carbons (Fsp3) is 0.294. The van der Waals surface area contributed by atoms with Crippen molar-refractivity contribution >= 4 is 45.8 Å². The van der Waals surface area contributed by atoms with Gasteiger partial charge < -0.3 is 5.32 Å². The third-order valence-electron chi connectivity index (χ3n) is 3.91. The number of benzene rings is 1. The van der Waals surface area contributed by atoms with Gasteiger partial charge >= 0.3 is 0 Å². The maximum absolute atomic E-state index is 12.3. The van der Waals surface area contributed by atoms with Gasteiger partial charge in [-0.2, -0.15) is 0 Å². The molecule has 8 heteroatoms. The Bertz CT molecular complexity index is 820. The number of hydrogen-bond acceptors (Lipinski definition) is 5. The molecule has 1 aliphatic heterocycles. The zero-order valence-electron chi connectivity index (χ0n) is 13.5. The van der Waals surface area contributed by atoms with Crippen LogP contribution in [0.3, 0.4) is 0 Å². The number of nitrogens with one attached hydrogen (secondary N) is 1. The Morgan fingerprint density at radius 3 is 2.76 bits per heavy atom. The van der Waals surface area contributed by atoms with Gasteiger partial charge in [0.25, 0.3) is 0 Å². The molecular weight excluding hydrogens is 362 g/mol. The number of carbonyl (C=O) groups excluding carboxylic acids is 3. The first-order chi connectivity index (χ1) is 11.9. The van der Waals surface area contributed by atoms with Crippen molar-refractivity contribution in [2.24, 2.45) is 0 Å². The molecule has 6 nitrogen and oxygen atoms in total. The highest BCUT2D eigenvalue weighted by Crippen LogP contribution is 2.23. The second-order valence-electron chi connectivity index (χ2n) is 5.76. The number of imide groups is 1. The highest BCUT2D eigenvalue weighted by molar-refractivity contribution is 7.15. The Kier molecular flexibility index (Phi) is 5.15. The summed E-state index contributed by atoms with van der Waals surface area (Å²) in [5.74, 6) is -1.05. The van der Waals surface area contributed by atoms with E-state index >= 15 is 0 Å². The molecule has 1 saturated heterocycles. The van der Waals surface area contributed by atoms with Crippen LogP contribution in [0.5, 0.6) is 0 Å². The van der Waals surface area contributed by atoms with Crippen molar-refractivity contribution in [2.45, 2.75) is 32.2 Å². The second-order valence-corrected chi connectivity index (χ2v) is 7.31. The number of nitrogens with zero attached hydrogens (tertiary/aromatic N) is 2. The summed E-state index contributed by atoms with van der Waals surface area (Å²) in [6.45, 7) is 1.54. The molecule has 0 unspecified atom stereocenters. The first kappa shape index (κ1) is 17.6. The minimum absolute atomic E-state index is 0.164. The van der Waals surface area contributed by atoms with Crippen LogP contribution in [0.4, 0.5) is 5.13 Å². The van der Waals surface area contributed by atoms with Crippen molar-refractivity contribution in [1.82, 2.24) is 9.88 Å². The van der Waals surface area contributed by atoms with Crippen LogP contribution >= 0.6 is 22.9 Å². The maximum Gasteiger partial charge on any atom is 0.249 e. The van der Waals surface area contributed by atoms with Crippen LogP contribution in [0.15, 0.2) is 30.5 Å². The van der Waals surface area contributed by atoms with Gasteiger partial charge in [0.15, 0.2) is 5.13 Å². The summed E-state index contributed by atoms with van der Waals surface area (Å²) in [5, 5.41) is 3.78. The molecule has 2 aromatic rings. The molecule has 1 atom stereocenters. The summed E-state index contributed by atoms with van der Waals surface area (Å²) in [7, 11) is 0. The molecule has 0 bridgehead atoms. The van der Waals surface area contributed by atoms with Crippen molar-refractivity contribution in [3.05, 3.63) is 45.9 Å². The molecule has 0 saturated carbocycles. The monoisotopic (exact) mass is 377 g/mol. The van der Waals surface area contributed by atoms with Crippen molar-refractivity contribution in [2.75, 3.05) is 5.32 Å². The van der Waals surface area contributed by atoms with Gasteiger partial charge in [0, 0.05) is 35.4 Å². The van der Waals surface area contributed by atoms with Crippen molar-refractivity contribution in [1.29, 1.82) is 0 Å². The molecule has 0 spiro atoms. The maximum atomic E-state index is 12.3. The number of halogens is 1. The predicted molar refractivity (Wildman–Crippen MR) is 95.6 cm³/mol. The number of carbonyl (C=O) groups is 3. The number of thiazole rings is 1. The molecule has 0 radical (unpaired) electrons. The molecule has 3 amide bonds. The van der Waals surface area contributed by atoms with E-state index in [0.29, 0.717) is 16.6 Å². The van der Waals surface area contributed by atoms with E-state index < -0.39 is 11.9 Å². The lowest BCUT2D eigenvalue weighted by Gasteiger charge is -2.20. The number of hydrogen-bond donors (Lipinski definition) is 1. The Balaban J connectivity index is 1.63. The molecule has 3 rings (SSSR count). The number of anilines is 1. The highest BCUT2D eigenvalue weighted by atomic mass is 35.5. The minimum Gasteiger partial charge on any atom is -0.300 e. The minimum atomic E-state index is -0.845. The summed E-state index contributed by atoms with van der Waals surface area (Å²) in [5.41, 5.74) is 1.05. The SMILES string of the molecule is C[C@@H](C(=O)Nc1ncc(Cc2cccc(Cl)c2)s1)N1C(=O)CCC1=O. The molecule has 1 aliphatic rings. The van der Waals surface area contributed by atoms with Gasteiger partial charge in [-0.15, -0.1) is 11.3 Å². The van der Waals surface area contributed by atoms with Gasteiger partial charge in [0.05, 0.1) is 0 Å². The molecule has 0 aliphatic carbocycles. The topological polar surface area (TPSA) is 79.4 Å². The summed E-state index contributed by atoms with van der Waals surface area (Å²) in [6.07, 6.45) is 2.68. The highest BCUT2D eigenvalue weighted by Gasteiger charge is 2.36. The Hall–Kier alpha value is -2.25. The van der Waals surface area contributed by atoms with E-state index in [1.54, 1.807) is 6.20 Å². The fourth-order valence-electron chi connectivity index (χ4n) is 2.65. The van der Waals surface area contributed by atoms with Crippen molar-refractivity contribution < 1.29 is 14.4 Å². The van der Waals surface area contributed by atoms with Gasteiger partial charge in [-0.1, -0.05) is 23.7 Å². The summed E-state index contributed by atoms with van der Waals surface area (Å²) in [6, 6.07) is 6.70. The van der Waals surface area contributed by atoms with Crippen LogP contribution in [0, 0.1) is 0 Å². The lowest BCUT2D eigenvalue weighted by molar-refractivity contribution is -0.144. The molecule has 2 heterocycles. The zero-order valence-corrected chi connectivity index (χ0v) is 15.1. The van der Waals surface area contributed by atoms with Gasteiger partial charge in [0.1, 0.15) is 6.04 Å². The zero-order chi connectivity index (χ0) is 18.0. The average Bonchev–Trinajstić information content (AvgIpc) is 3.13. The van der Waals surface area contributed by atoms with E-state index in [9.17, 15) is 14.4 Å². The van der Waals surface area contributed by atoms with E-state index in [1.807, 2.05) is 24.3 Å². The number of likely N-dealkylation sites (tertiary alicyclic amines) is 1. The van der Waals surface area contributed by atoms with Gasteiger partial charge in [-0.3, -0.25) is 19.3 Å². The Labute approximate surface area is 153 Å². The largest absolute Gasteiger partial charge is 0.300 e. The third-order valence-corrected chi connectivity index (χ3v) is 5.06. The number of amides is 3. The molecule has 1 aromatic carbocycles. The second kappa shape index (κ2) is 7.33. The predicted octanol–water partition coefficient (Wildman–Crippen LogP) is 2.86. The fourth-order valence-corrected chi connectivity index (χ4v) is 3.71. The van der Waals surface area contributed by atoms with Crippen LogP contribution in [0.2, 0.25) is 5.02 Å². The van der Waals surface area contributed by atoms with E-state index in [4.69, 9.17) is 11.6 Å². The van der Waals surface area contributed by atoms with Crippen LogP contribution in [-0.4, -0.2) is 33.6 Å². The summed E-state index contributed by atoms with van der Waals surface area (Å²) in [4.78, 5) is 41.9. The van der Waals surface area contributed by atoms with Crippen LogP contribution in [0.25, 0.3) is 0 Å². The molecule has 130 valence electrons. The van der Waals surface area contributed by atoms with Gasteiger partial charge in [0.2, 0.25) is 17.7 Å². The summed E-state index contributed by atoms with van der Waals surface area (Å²) < 4.78 is 0. The summed E-state index contributed by atoms with van der Waals surface area (Å²) >= 11 is 7.33. The lowest BCUT2D eigenvalue weighted by Crippen LogP contribution is -2.44. The van der Waals surface area contributed by atoms with E-state index in [1.165, 1.54) is 18.3 Å². The normalized spacial score (nSPS) is 15.5. The van der Waals surface area contributed by atoms with Crippen molar-refractivity contribution in [3.8, 4) is 0 Å². The van der Waals surface area contributed by atoms with E-state index in [0.717, 1.165) is 15.3 Å². The first-order valence-electron chi connectivity index (χ1n) is 7.79. The number of aromatic nitrogens is 1. The Morgan fingerprint density at radius 1 is 1.36 bits per heavy atom. The quantitative estimate of drug-likeness (QED) is 0.812. The molecule has 1 fully saturated rings. The van der Waals surface area contributed by atoms with Gasteiger partial charge in [-0.25, -0.2) is 4.98 Å². The molecular formula is C17H16ClN3O3S. The standard InChI is InChI=1S/C17H16ClN3O3S/c1-10(21-14(22)5-6-15(21)23)16(24)20-17-19-9-13(25-17)8-11-3-2-4-12(18)7-11/h2-4,7,9-10H,5-6,8H2,1H3,(H,19,20,24)/t10-/m0/s1. The van der Waals surface area contributed by atoms with Gasteiger partial charge in [-0.05, 0) is 24.6 Å². The first-order valence-corrected chi connectivity index (χ1v) is 8.98. The average molecular weight is 378 g/mol. The van der Waals surface area contributed by atoms with Crippen molar-refractivity contribution in [3.63, 3.8) is 0 Å². The van der Waals surface area contributed by atoms with E-state index in [2.05, 4.69) is 10.3 Å². The molecule has 1 aromatic heterocycles. The molecule has 25 heavy (non-hydrogen) atoms. The van der Waals surface area contributed by atoms with Crippen LogP contribution in [-0.2, 0) is 20.8 Å². The lowest BCUT2D eigenvalue weighted by atomic mass is 10.1.